The Morgan fingerprint density at radius 3 is 2.84 bits per heavy atom. The van der Waals surface area contributed by atoms with Crippen molar-refractivity contribution in [3.63, 3.8) is 0 Å². The molecule has 5 heteroatoms. The quantitative estimate of drug-likeness (QED) is 0.796. The maximum Gasteiger partial charge on any atom is 0.259 e. The van der Waals surface area contributed by atoms with E-state index in [0.29, 0.717) is 11.5 Å². The molecule has 130 valence electrons. The molecule has 0 saturated carbocycles. The summed E-state index contributed by atoms with van der Waals surface area (Å²) in [6, 6.07) is 6.16. The van der Waals surface area contributed by atoms with Gasteiger partial charge in [-0.15, -0.1) is 0 Å². The first kappa shape index (κ1) is 16.1. The summed E-state index contributed by atoms with van der Waals surface area (Å²) in [5.41, 5.74) is 3.73. The number of benzene rings is 1. The van der Waals surface area contributed by atoms with Crippen LogP contribution in [0.15, 0.2) is 35.4 Å². The van der Waals surface area contributed by atoms with Crippen LogP contribution in [0.5, 0.6) is 0 Å². The number of aromatic amines is 1. The maximum absolute atomic E-state index is 12.7. The fourth-order valence-electron chi connectivity index (χ4n) is 3.76. The second-order valence-corrected chi connectivity index (χ2v) is 7.02. The summed E-state index contributed by atoms with van der Waals surface area (Å²) in [5, 5.41) is 1.05. The van der Waals surface area contributed by atoms with Crippen LogP contribution in [0.1, 0.15) is 24.0 Å². The SMILES string of the molecule is Cc1cc(C)c2[nH]c(=O)c(-c3nccn3CC3CCOCC3)cc2c1. The number of nitrogens with one attached hydrogen (secondary N) is 1. The lowest BCUT2D eigenvalue weighted by Gasteiger charge is -2.23. The van der Waals surface area contributed by atoms with Gasteiger partial charge in [0.25, 0.3) is 5.56 Å². The van der Waals surface area contributed by atoms with Crippen LogP contribution in [0.3, 0.4) is 0 Å². The third-order valence-corrected chi connectivity index (χ3v) is 5.05. The second kappa shape index (κ2) is 6.48. The van der Waals surface area contributed by atoms with Gasteiger partial charge >= 0.3 is 0 Å². The molecule has 5 nitrogen and oxygen atoms in total. The highest BCUT2D eigenvalue weighted by molar-refractivity contribution is 5.85. The van der Waals surface area contributed by atoms with Crippen LogP contribution in [-0.2, 0) is 11.3 Å². The second-order valence-electron chi connectivity index (χ2n) is 7.02. The summed E-state index contributed by atoms with van der Waals surface area (Å²) in [7, 11) is 0. The minimum absolute atomic E-state index is 0.0844. The number of rotatable bonds is 3. The van der Waals surface area contributed by atoms with Gasteiger partial charge in [0.2, 0.25) is 0 Å². The van der Waals surface area contributed by atoms with Crippen molar-refractivity contribution in [1.82, 2.24) is 14.5 Å². The van der Waals surface area contributed by atoms with Gasteiger partial charge in [-0.2, -0.15) is 0 Å². The van der Waals surface area contributed by atoms with E-state index in [1.807, 2.05) is 19.2 Å². The smallest absolute Gasteiger partial charge is 0.259 e. The molecule has 1 aliphatic rings. The molecule has 3 aromatic rings. The van der Waals surface area contributed by atoms with Crippen LogP contribution in [0.25, 0.3) is 22.3 Å². The largest absolute Gasteiger partial charge is 0.381 e. The van der Waals surface area contributed by atoms with E-state index in [1.165, 1.54) is 5.56 Å². The highest BCUT2D eigenvalue weighted by Gasteiger charge is 2.18. The van der Waals surface area contributed by atoms with E-state index in [9.17, 15) is 4.79 Å². The van der Waals surface area contributed by atoms with E-state index in [-0.39, 0.29) is 5.56 Å². The number of pyridine rings is 1. The molecule has 0 spiro atoms. The molecule has 1 saturated heterocycles. The number of ether oxygens (including phenoxy) is 1. The molecule has 0 radical (unpaired) electrons. The number of nitrogens with zero attached hydrogens (tertiary/aromatic N) is 2. The lowest BCUT2D eigenvalue weighted by atomic mass is 10.00. The van der Waals surface area contributed by atoms with Gasteiger partial charge in [-0.25, -0.2) is 4.98 Å². The molecular formula is C20H23N3O2. The minimum Gasteiger partial charge on any atom is -0.381 e. The third-order valence-electron chi connectivity index (χ3n) is 5.05. The number of hydrogen-bond acceptors (Lipinski definition) is 3. The van der Waals surface area contributed by atoms with Gasteiger partial charge in [0.1, 0.15) is 5.82 Å². The van der Waals surface area contributed by atoms with Crippen LogP contribution in [0.4, 0.5) is 0 Å². The zero-order valence-electron chi connectivity index (χ0n) is 14.7. The number of imidazole rings is 1. The van der Waals surface area contributed by atoms with Crippen molar-refractivity contribution in [2.75, 3.05) is 13.2 Å². The zero-order valence-corrected chi connectivity index (χ0v) is 14.7. The van der Waals surface area contributed by atoms with E-state index in [4.69, 9.17) is 4.74 Å². The minimum atomic E-state index is -0.0844. The Hall–Kier alpha value is -2.40. The molecule has 1 N–H and O–H groups in total. The average Bonchev–Trinajstić information content (AvgIpc) is 3.04. The first-order valence-electron chi connectivity index (χ1n) is 8.85. The molecule has 0 amide bonds. The Balaban J connectivity index is 1.76. The highest BCUT2D eigenvalue weighted by atomic mass is 16.5. The molecular weight excluding hydrogens is 314 g/mol. The van der Waals surface area contributed by atoms with Crippen LogP contribution in [-0.4, -0.2) is 27.7 Å². The summed E-state index contributed by atoms with van der Waals surface area (Å²) in [5.74, 6) is 1.32. The molecule has 25 heavy (non-hydrogen) atoms. The molecule has 0 atom stereocenters. The molecule has 3 heterocycles. The Morgan fingerprint density at radius 2 is 2.04 bits per heavy atom. The van der Waals surface area contributed by atoms with E-state index >= 15 is 0 Å². The molecule has 1 fully saturated rings. The molecule has 0 bridgehead atoms. The Labute approximate surface area is 146 Å². The third kappa shape index (κ3) is 3.12. The van der Waals surface area contributed by atoms with Crippen molar-refractivity contribution in [2.24, 2.45) is 5.92 Å². The van der Waals surface area contributed by atoms with Gasteiger partial charge in [0.15, 0.2) is 0 Å². The van der Waals surface area contributed by atoms with E-state index in [2.05, 4.69) is 33.6 Å². The average molecular weight is 337 g/mol. The highest BCUT2D eigenvalue weighted by Crippen LogP contribution is 2.24. The Bertz CT molecular complexity index is 965. The fraction of sp³-hybridized carbons (Fsp3) is 0.400. The van der Waals surface area contributed by atoms with E-state index in [1.54, 1.807) is 6.20 Å². The Morgan fingerprint density at radius 1 is 1.24 bits per heavy atom. The Kier molecular flexibility index (Phi) is 4.17. The van der Waals surface area contributed by atoms with Gasteiger partial charge in [-0.1, -0.05) is 11.6 Å². The van der Waals surface area contributed by atoms with Crippen LogP contribution in [0, 0.1) is 19.8 Å². The fourth-order valence-corrected chi connectivity index (χ4v) is 3.76. The van der Waals surface area contributed by atoms with Gasteiger partial charge in [-0.05, 0) is 55.7 Å². The predicted molar refractivity (Wildman–Crippen MR) is 98.8 cm³/mol. The topological polar surface area (TPSA) is 59.9 Å². The van der Waals surface area contributed by atoms with Crippen LogP contribution in [0.2, 0.25) is 0 Å². The van der Waals surface area contributed by atoms with Gasteiger partial charge in [0, 0.05) is 32.2 Å². The van der Waals surface area contributed by atoms with Crippen molar-refractivity contribution < 1.29 is 4.74 Å². The van der Waals surface area contributed by atoms with Gasteiger partial charge in [0.05, 0.1) is 11.1 Å². The number of fused-ring (bicyclic) bond motifs is 1. The molecule has 1 aromatic carbocycles. The monoisotopic (exact) mass is 337 g/mol. The number of aryl methyl sites for hydroxylation is 2. The van der Waals surface area contributed by atoms with E-state index < -0.39 is 0 Å². The van der Waals surface area contributed by atoms with Crippen LogP contribution < -0.4 is 5.56 Å². The summed E-state index contributed by atoms with van der Waals surface area (Å²) in [6.07, 6.45) is 5.86. The molecule has 0 unspecified atom stereocenters. The van der Waals surface area contributed by atoms with Crippen molar-refractivity contribution in [3.05, 3.63) is 52.1 Å². The van der Waals surface area contributed by atoms with Crippen molar-refractivity contribution >= 4 is 10.9 Å². The van der Waals surface area contributed by atoms with Crippen molar-refractivity contribution in [1.29, 1.82) is 0 Å². The summed E-state index contributed by atoms with van der Waals surface area (Å²) in [4.78, 5) is 20.2. The predicted octanol–water partition coefficient (Wildman–Crippen LogP) is 3.44. The number of hydrogen-bond donors (Lipinski definition) is 1. The lowest BCUT2D eigenvalue weighted by Crippen LogP contribution is -2.21. The van der Waals surface area contributed by atoms with E-state index in [0.717, 1.165) is 54.9 Å². The number of H-pyrrole nitrogens is 1. The summed E-state index contributed by atoms with van der Waals surface area (Å²) < 4.78 is 7.55. The van der Waals surface area contributed by atoms with Crippen molar-refractivity contribution in [2.45, 2.75) is 33.2 Å². The zero-order chi connectivity index (χ0) is 17.4. The first-order chi connectivity index (χ1) is 12.1. The standard InChI is InChI=1S/C20H23N3O2/c1-13-9-14(2)18-16(10-13)11-17(20(24)22-18)19-21-5-6-23(19)12-15-3-7-25-8-4-15/h5-6,9-11,15H,3-4,7-8,12H2,1-2H3,(H,22,24). The number of aromatic nitrogens is 3. The maximum atomic E-state index is 12.7. The van der Waals surface area contributed by atoms with Crippen LogP contribution >= 0.6 is 0 Å². The van der Waals surface area contributed by atoms with Gasteiger partial charge in [-0.3, -0.25) is 4.79 Å². The molecule has 1 aliphatic heterocycles. The van der Waals surface area contributed by atoms with Gasteiger partial charge < -0.3 is 14.3 Å². The molecule has 4 rings (SSSR count). The lowest BCUT2D eigenvalue weighted by molar-refractivity contribution is 0.0614. The molecule has 0 aliphatic carbocycles. The molecule has 2 aromatic heterocycles. The van der Waals surface area contributed by atoms with Crippen molar-refractivity contribution in [3.8, 4) is 11.4 Å². The summed E-state index contributed by atoms with van der Waals surface area (Å²) in [6.45, 7) is 6.62. The normalized spacial score (nSPS) is 15.8. The summed E-state index contributed by atoms with van der Waals surface area (Å²) >= 11 is 0. The first-order valence-corrected chi connectivity index (χ1v) is 8.85.